The molecule has 0 bridgehead atoms. The Labute approximate surface area is 126 Å². The first-order chi connectivity index (χ1) is 10.1. The van der Waals surface area contributed by atoms with Crippen LogP contribution in [0.2, 0.25) is 0 Å². The van der Waals surface area contributed by atoms with Crippen LogP contribution in [-0.4, -0.2) is 31.1 Å². The number of carbonyl (C=O) groups is 2. The number of carbonyl (C=O) groups excluding carboxylic acids is 2. The molecular weight excluding hydrogens is 268 g/mol. The molecule has 1 unspecified atom stereocenters. The van der Waals surface area contributed by atoms with Gasteiger partial charge in [0.15, 0.2) is 0 Å². The number of rotatable bonds is 8. The summed E-state index contributed by atoms with van der Waals surface area (Å²) < 4.78 is 4.92. The van der Waals surface area contributed by atoms with Gasteiger partial charge < -0.3 is 15.4 Å². The maximum absolute atomic E-state index is 11.6. The van der Waals surface area contributed by atoms with Gasteiger partial charge in [0.25, 0.3) is 0 Å². The van der Waals surface area contributed by atoms with E-state index in [0.717, 1.165) is 12.1 Å². The number of esters is 1. The quantitative estimate of drug-likeness (QED) is 0.723. The van der Waals surface area contributed by atoms with Crippen molar-refractivity contribution in [3.8, 4) is 0 Å². The number of nitrogens with one attached hydrogen (secondary N) is 2. The molecule has 21 heavy (non-hydrogen) atoms. The molecule has 0 radical (unpaired) electrons. The highest BCUT2D eigenvalue weighted by atomic mass is 16.5. The standard InChI is InChI=1S/C16H24N2O3/c1-4-12(3)18-15(19)10-11-17-14-8-6-13(7-9-14)16(20)21-5-2/h6-9,12,17H,4-5,10-11H2,1-3H3,(H,18,19). The second-order valence-corrected chi connectivity index (χ2v) is 4.85. The highest BCUT2D eigenvalue weighted by molar-refractivity contribution is 5.89. The molecule has 0 aromatic heterocycles. The van der Waals surface area contributed by atoms with Crippen LogP contribution in [0.5, 0.6) is 0 Å². The van der Waals surface area contributed by atoms with E-state index in [1.807, 2.05) is 13.8 Å². The van der Waals surface area contributed by atoms with E-state index in [-0.39, 0.29) is 17.9 Å². The topological polar surface area (TPSA) is 67.4 Å². The van der Waals surface area contributed by atoms with E-state index in [1.165, 1.54) is 0 Å². The molecule has 1 amide bonds. The molecule has 1 atom stereocenters. The number of hydrogen-bond acceptors (Lipinski definition) is 4. The Morgan fingerprint density at radius 3 is 2.43 bits per heavy atom. The van der Waals surface area contributed by atoms with E-state index in [0.29, 0.717) is 25.1 Å². The van der Waals surface area contributed by atoms with Crippen molar-refractivity contribution in [2.24, 2.45) is 0 Å². The summed E-state index contributed by atoms with van der Waals surface area (Å²) in [5, 5.41) is 6.07. The SMILES string of the molecule is CCOC(=O)c1ccc(NCCC(=O)NC(C)CC)cc1. The van der Waals surface area contributed by atoms with Gasteiger partial charge >= 0.3 is 5.97 Å². The lowest BCUT2D eigenvalue weighted by Crippen LogP contribution is -2.32. The molecule has 5 nitrogen and oxygen atoms in total. The third kappa shape index (κ3) is 6.29. The first-order valence-corrected chi connectivity index (χ1v) is 7.37. The van der Waals surface area contributed by atoms with Crippen molar-refractivity contribution in [1.82, 2.24) is 5.32 Å². The van der Waals surface area contributed by atoms with Crippen LogP contribution in [-0.2, 0) is 9.53 Å². The average Bonchev–Trinajstić information content (AvgIpc) is 2.48. The molecule has 0 heterocycles. The van der Waals surface area contributed by atoms with Crippen molar-refractivity contribution in [3.63, 3.8) is 0 Å². The first kappa shape index (κ1) is 17.0. The molecule has 0 aliphatic rings. The Bertz CT molecular complexity index is 457. The predicted octanol–water partition coefficient (Wildman–Crippen LogP) is 2.58. The number of ether oxygens (including phenoxy) is 1. The summed E-state index contributed by atoms with van der Waals surface area (Å²) in [6, 6.07) is 7.23. The van der Waals surface area contributed by atoms with Crippen molar-refractivity contribution in [3.05, 3.63) is 29.8 Å². The molecule has 0 aliphatic heterocycles. The summed E-state index contributed by atoms with van der Waals surface area (Å²) in [6.45, 7) is 6.72. The summed E-state index contributed by atoms with van der Waals surface area (Å²) in [5.41, 5.74) is 1.40. The summed E-state index contributed by atoms with van der Waals surface area (Å²) in [7, 11) is 0. The fraction of sp³-hybridized carbons (Fsp3) is 0.500. The van der Waals surface area contributed by atoms with E-state index in [4.69, 9.17) is 4.74 Å². The summed E-state index contributed by atoms with van der Waals surface area (Å²) in [6.07, 6.45) is 1.35. The van der Waals surface area contributed by atoms with Crippen LogP contribution >= 0.6 is 0 Å². The van der Waals surface area contributed by atoms with Crippen molar-refractivity contribution < 1.29 is 14.3 Å². The zero-order valence-electron chi connectivity index (χ0n) is 12.9. The van der Waals surface area contributed by atoms with Crippen molar-refractivity contribution in [2.75, 3.05) is 18.5 Å². The average molecular weight is 292 g/mol. The summed E-state index contributed by atoms with van der Waals surface area (Å²) in [5.74, 6) is -0.281. The first-order valence-electron chi connectivity index (χ1n) is 7.37. The van der Waals surface area contributed by atoms with Crippen LogP contribution in [0.25, 0.3) is 0 Å². The lowest BCUT2D eigenvalue weighted by Gasteiger charge is -2.12. The normalized spacial score (nSPS) is 11.6. The molecule has 1 rings (SSSR count). The Morgan fingerprint density at radius 2 is 1.86 bits per heavy atom. The van der Waals surface area contributed by atoms with Crippen LogP contribution in [0.1, 0.15) is 44.0 Å². The van der Waals surface area contributed by atoms with E-state index in [9.17, 15) is 9.59 Å². The van der Waals surface area contributed by atoms with E-state index in [2.05, 4.69) is 10.6 Å². The lowest BCUT2D eigenvalue weighted by atomic mass is 10.2. The Morgan fingerprint density at radius 1 is 1.19 bits per heavy atom. The molecule has 5 heteroatoms. The van der Waals surface area contributed by atoms with Gasteiger partial charge in [0.1, 0.15) is 0 Å². The second-order valence-electron chi connectivity index (χ2n) is 4.85. The van der Waals surface area contributed by atoms with Crippen LogP contribution in [0.15, 0.2) is 24.3 Å². The highest BCUT2D eigenvalue weighted by Gasteiger charge is 2.06. The number of benzene rings is 1. The Kier molecular flexibility index (Phi) is 7.29. The fourth-order valence-electron chi connectivity index (χ4n) is 1.71. The highest BCUT2D eigenvalue weighted by Crippen LogP contribution is 2.10. The number of anilines is 1. The molecule has 0 saturated heterocycles. The van der Waals surface area contributed by atoms with Crippen LogP contribution in [0, 0.1) is 0 Å². The van der Waals surface area contributed by atoms with Gasteiger partial charge in [-0.25, -0.2) is 4.79 Å². The van der Waals surface area contributed by atoms with Gasteiger partial charge in [-0.3, -0.25) is 4.79 Å². The van der Waals surface area contributed by atoms with Crippen LogP contribution < -0.4 is 10.6 Å². The van der Waals surface area contributed by atoms with Gasteiger partial charge in [-0.1, -0.05) is 6.92 Å². The molecular formula is C16H24N2O3. The van der Waals surface area contributed by atoms with Crippen molar-refractivity contribution in [2.45, 2.75) is 39.7 Å². The fourth-order valence-corrected chi connectivity index (χ4v) is 1.71. The van der Waals surface area contributed by atoms with Crippen LogP contribution in [0.4, 0.5) is 5.69 Å². The zero-order chi connectivity index (χ0) is 15.7. The van der Waals surface area contributed by atoms with Gasteiger partial charge in [0.05, 0.1) is 12.2 Å². The Hall–Kier alpha value is -2.04. The predicted molar refractivity (Wildman–Crippen MR) is 83.4 cm³/mol. The largest absolute Gasteiger partial charge is 0.462 e. The van der Waals surface area contributed by atoms with Gasteiger partial charge in [-0.05, 0) is 44.5 Å². The Balaban J connectivity index is 2.36. The van der Waals surface area contributed by atoms with Crippen molar-refractivity contribution in [1.29, 1.82) is 0 Å². The van der Waals surface area contributed by atoms with Gasteiger partial charge in [0, 0.05) is 24.7 Å². The minimum absolute atomic E-state index is 0.0417. The monoisotopic (exact) mass is 292 g/mol. The maximum Gasteiger partial charge on any atom is 0.338 e. The zero-order valence-corrected chi connectivity index (χ0v) is 12.9. The van der Waals surface area contributed by atoms with Crippen molar-refractivity contribution >= 4 is 17.6 Å². The van der Waals surface area contributed by atoms with E-state index in [1.54, 1.807) is 31.2 Å². The third-order valence-electron chi connectivity index (χ3n) is 3.10. The minimum atomic E-state index is -0.322. The summed E-state index contributed by atoms with van der Waals surface area (Å²) >= 11 is 0. The van der Waals surface area contributed by atoms with Crippen LogP contribution in [0.3, 0.4) is 0 Å². The van der Waals surface area contributed by atoms with Gasteiger partial charge in [-0.15, -0.1) is 0 Å². The van der Waals surface area contributed by atoms with E-state index >= 15 is 0 Å². The second kappa shape index (κ2) is 9.00. The molecule has 0 spiro atoms. The number of hydrogen-bond donors (Lipinski definition) is 2. The molecule has 2 N–H and O–H groups in total. The molecule has 0 fully saturated rings. The molecule has 1 aromatic rings. The lowest BCUT2D eigenvalue weighted by molar-refractivity contribution is -0.121. The molecule has 0 aliphatic carbocycles. The van der Waals surface area contributed by atoms with Gasteiger partial charge in [-0.2, -0.15) is 0 Å². The molecule has 1 aromatic carbocycles. The molecule has 0 saturated carbocycles. The smallest absolute Gasteiger partial charge is 0.338 e. The van der Waals surface area contributed by atoms with Gasteiger partial charge in [0.2, 0.25) is 5.91 Å². The molecule has 116 valence electrons. The minimum Gasteiger partial charge on any atom is -0.462 e. The maximum atomic E-state index is 11.6. The third-order valence-corrected chi connectivity index (χ3v) is 3.10. The number of amides is 1. The van der Waals surface area contributed by atoms with E-state index < -0.39 is 0 Å². The summed E-state index contributed by atoms with van der Waals surface area (Å²) in [4.78, 5) is 23.1.